The molecule has 8 heteroatoms. The number of benzene rings is 3. The van der Waals surface area contributed by atoms with E-state index >= 15 is 0 Å². The van der Waals surface area contributed by atoms with Crippen molar-refractivity contribution < 1.29 is 18.0 Å². The highest BCUT2D eigenvalue weighted by atomic mass is 32.2. The number of rotatable bonds is 10. The summed E-state index contributed by atoms with van der Waals surface area (Å²) in [6.45, 7) is 7.32. The molecule has 1 atom stereocenters. The van der Waals surface area contributed by atoms with Gasteiger partial charge in [0.25, 0.3) is 10.0 Å². The minimum atomic E-state index is -4.06. The van der Waals surface area contributed by atoms with Crippen LogP contribution in [-0.2, 0) is 26.2 Å². The Morgan fingerprint density at radius 1 is 0.811 bits per heavy atom. The molecule has 0 radical (unpaired) electrons. The Hall–Kier alpha value is -3.65. The summed E-state index contributed by atoms with van der Waals surface area (Å²) in [7, 11) is -2.54. The van der Waals surface area contributed by atoms with E-state index in [1.54, 1.807) is 48.5 Å². The van der Waals surface area contributed by atoms with E-state index in [4.69, 9.17) is 0 Å². The quantitative estimate of drug-likeness (QED) is 0.430. The molecule has 2 amide bonds. The number of sulfonamides is 1. The maximum atomic E-state index is 13.9. The fourth-order valence-electron chi connectivity index (χ4n) is 4.05. The smallest absolute Gasteiger partial charge is 0.264 e. The molecular weight excluding hydrogens is 486 g/mol. The second-order valence-corrected chi connectivity index (χ2v) is 11.1. The normalized spacial score (nSPS) is 12.0. The van der Waals surface area contributed by atoms with Gasteiger partial charge in [-0.15, -0.1) is 0 Å². The van der Waals surface area contributed by atoms with Gasteiger partial charge in [-0.2, -0.15) is 0 Å². The molecule has 0 saturated carbocycles. The summed E-state index contributed by atoms with van der Waals surface area (Å²) < 4.78 is 28.7. The van der Waals surface area contributed by atoms with Crippen molar-refractivity contribution in [2.24, 2.45) is 0 Å². The van der Waals surface area contributed by atoms with E-state index in [1.807, 2.05) is 52.0 Å². The Kier molecular flexibility index (Phi) is 9.10. The van der Waals surface area contributed by atoms with Crippen molar-refractivity contribution in [1.29, 1.82) is 0 Å². The van der Waals surface area contributed by atoms with Gasteiger partial charge in [0.05, 0.1) is 10.6 Å². The lowest BCUT2D eigenvalue weighted by Gasteiger charge is -2.33. The SMILES string of the molecule is CCC(C(=O)NC)N(Cc1ccc(C)cc1)C(=O)CN(c1ccc(C)cc1)S(=O)(=O)c1ccc(C)cc1. The van der Waals surface area contributed by atoms with Gasteiger partial charge in [0.2, 0.25) is 11.8 Å². The molecular formula is C29H35N3O4S. The molecule has 0 aromatic heterocycles. The maximum Gasteiger partial charge on any atom is 0.264 e. The first-order valence-electron chi connectivity index (χ1n) is 12.3. The lowest BCUT2D eigenvalue weighted by Crippen LogP contribution is -2.51. The van der Waals surface area contributed by atoms with E-state index in [0.29, 0.717) is 12.1 Å². The molecule has 0 saturated heterocycles. The van der Waals surface area contributed by atoms with Gasteiger partial charge in [0.1, 0.15) is 12.6 Å². The molecule has 0 aliphatic heterocycles. The third-order valence-corrected chi connectivity index (χ3v) is 8.10. The third-order valence-electron chi connectivity index (χ3n) is 6.32. The van der Waals surface area contributed by atoms with Crippen LogP contribution >= 0.6 is 0 Å². The first-order chi connectivity index (χ1) is 17.6. The molecule has 7 nitrogen and oxygen atoms in total. The number of amides is 2. The molecule has 3 aromatic rings. The predicted molar refractivity (Wildman–Crippen MR) is 147 cm³/mol. The van der Waals surface area contributed by atoms with E-state index in [2.05, 4.69) is 5.32 Å². The van der Waals surface area contributed by atoms with Crippen molar-refractivity contribution in [2.45, 2.75) is 51.6 Å². The van der Waals surface area contributed by atoms with Crippen LogP contribution in [0.15, 0.2) is 77.7 Å². The summed E-state index contributed by atoms with van der Waals surface area (Å²) >= 11 is 0. The number of likely N-dealkylation sites (N-methyl/N-ethyl adjacent to an activating group) is 1. The number of nitrogens with zero attached hydrogens (tertiary/aromatic N) is 2. The Balaban J connectivity index is 2.04. The monoisotopic (exact) mass is 521 g/mol. The van der Waals surface area contributed by atoms with Crippen LogP contribution in [0, 0.1) is 20.8 Å². The first-order valence-corrected chi connectivity index (χ1v) is 13.7. The summed E-state index contributed by atoms with van der Waals surface area (Å²) in [5, 5.41) is 2.63. The lowest BCUT2D eigenvalue weighted by atomic mass is 10.1. The van der Waals surface area contributed by atoms with Crippen LogP contribution in [0.4, 0.5) is 5.69 Å². The molecule has 0 aliphatic rings. The number of hydrogen-bond donors (Lipinski definition) is 1. The molecule has 0 aliphatic carbocycles. The van der Waals surface area contributed by atoms with Gasteiger partial charge < -0.3 is 10.2 Å². The summed E-state index contributed by atoms with van der Waals surface area (Å²) in [5.41, 5.74) is 4.20. The summed E-state index contributed by atoms with van der Waals surface area (Å²) in [5.74, 6) is -0.765. The third kappa shape index (κ3) is 6.77. The van der Waals surface area contributed by atoms with E-state index in [1.165, 1.54) is 11.9 Å². The molecule has 0 bridgehead atoms. The topological polar surface area (TPSA) is 86.8 Å². The van der Waals surface area contributed by atoms with Gasteiger partial charge in [0, 0.05) is 13.6 Å². The average molecular weight is 522 g/mol. The minimum absolute atomic E-state index is 0.0925. The fraction of sp³-hybridized carbons (Fsp3) is 0.310. The first kappa shape index (κ1) is 27.9. The van der Waals surface area contributed by atoms with Crippen LogP contribution in [0.5, 0.6) is 0 Å². The van der Waals surface area contributed by atoms with Gasteiger partial charge in [0.15, 0.2) is 0 Å². The fourth-order valence-corrected chi connectivity index (χ4v) is 5.47. The average Bonchev–Trinajstić information content (AvgIpc) is 2.88. The van der Waals surface area contributed by atoms with Crippen molar-refractivity contribution in [2.75, 3.05) is 17.9 Å². The zero-order valence-corrected chi connectivity index (χ0v) is 22.9. The van der Waals surface area contributed by atoms with Crippen LogP contribution in [-0.4, -0.2) is 44.8 Å². The van der Waals surface area contributed by atoms with Crippen LogP contribution in [0.3, 0.4) is 0 Å². The highest BCUT2D eigenvalue weighted by Gasteiger charge is 2.33. The molecule has 196 valence electrons. The largest absolute Gasteiger partial charge is 0.357 e. The Labute approximate surface area is 220 Å². The number of nitrogens with one attached hydrogen (secondary N) is 1. The Morgan fingerprint density at radius 3 is 1.78 bits per heavy atom. The molecule has 1 unspecified atom stereocenters. The Bertz CT molecular complexity index is 1320. The summed E-state index contributed by atoms with van der Waals surface area (Å²) in [6, 6.07) is 20.5. The van der Waals surface area contributed by atoms with Crippen molar-refractivity contribution >= 4 is 27.5 Å². The lowest BCUT2D eigenvalue weighted by molar-refractivity contribution is -0.140. The van der Waals surface area contributed by atoms with Crippen molar-refractivity contribution in [3.8, 4) is 0 Å². The molecule has 0 spiro atoms. The molecule has 1 N–H and O–H groups in total. The molecule has 0 fully saturated rings. The van der Waals surface area contributed by atoms with Crippen molar-refractivity contribution in [3.05, 3.63) is 95.1 Å². The second kappa shape index (κ2) is 12.1. The number of anilines is 1. The van der Waals surface area contributed by atoms with Crippen molar-refractivity contribution in [1.82, 2.24) is 10.2 Å². The summed E-state index contributed by atoms with van der Waals surface area (Å²) in [6.07, 6.45) is 0.381. The van der Waals surface area contributed by atoms with Gasteiger partial charge >= 0.3 is 0 Å². The van der Waals surface area contributed by atoms with E-state index in [0.717, 1.165) is 26.6 Å². The zero-order valence-electron chi connectivity index (χ0n) is 22.1. The van der Waals surface area contributed by atoms with E-state index < -0.39 is 28.5 Å². The Morgan fingerprint density at radius 2 is 1.30 bits per heavy atom. The minimum Gasteiger partial charge on any atom is -0.357 e. The number of hydrogen-bond acceptors (Lipinski definition) is 4. The summed E-state index contributed by atoms with van der Waals surface area (Å²) in [4.78, 5) is 28.2. The number of aryl methyl sites for hydroxylation is 3. The number of carbonyl (C=O) groups is 2. The van der Waals surface area contributed by atoms with Gasteiger partial charge in [-0.1, -0.05) is 72.1 Å². The molecule has 0 heterocycles. The van der Waals surface area contributed by atoms with Crippen molar-refractivity contribution in [3.63, 3.8) is 0 Å². The highest BCUT2D eigenvalue weighted by Crippen LogP contribution is 2.25. The highest BCUT2D eigenvalue weighted by molar-refractivity contribution is 7.92. The molecule has 3 rings (SSSR count). The molecule has 37 heavy (non-hydrogen) atoms. The second-order valence-electron chi connectivity index (χ2n) is 9.21. The van der Waals surface area contributed by atoms with Gasteiger partial charge in [-0.05, 0) is 57.0 Å². The maximum absolute atomic E-state index is 13.9. The van der Waals surface area contributed by atoms with Crippen LogP contribution in [0.1, 0.15) is 35.6 Å². The standard InChI is InChI=1S/C29H35N3O4S/c1-6-27(29(34)30-5)31(19-24-13-7-21(2)8-14-24)28(33)20-32(25-15-9-22(3)10-16-25)37(35,36)26-17-11-23(4)12-18-26/h7-18,27H,6,19-20H2,1-5H3,(H,30,34). The predicted octanol–water partition coefficient (Wildman–Crippen LogP) is 4.36. The van der Waals surface area contributed by atoms with Crippen LogP contribution in [0.2, 0.25) is 0 Å². The van der Waals surface area contributed by atoms with Gasteiger partial charge in [-0.3, -0.25) is 13.9 Å². The van der Waals surface area contributed by atoms with Crippen LogP contribution < -0.4 is 9.62 Å². The molecule has 3 aromatic carbocycles. The zero-order chi connectivity index (χ0) is 27.2. The van der Waals surface area contributed by atoms with E-state index in [-0.39, 0.29) is 17.3 Å². The number of carbonyl (C=O) groups excluding carboxylic acids is 2. The van der Waals surface area contributed by atoms with E-state index in [9.17, 15) is 18.0 Å². The van der Waals surface area contributed by atoms with Crippen LogP contribution in [0.25, 0.3) is 0 Å². The van der Waals surface area contributed by atoms with Gasteiger partial charge in [-0.25, -0.2) is 8.42 Å².